The fourth-order valence-electron chi connectivity index (χ4n) is 3.14. The van der Waals surface area contributed by atoms with E-state index >= 15 is 0 Å². The Morgan fingerprint density at radius 2 is 1.48 bits per heavy atom. The van der Waals surface area contributed by atoms with Gasteiger partial charge in [-0.3, -0.25) is 4.70 Å². The highest BCUT2D eigenvalue weighted by Gasteiger charge is 2.15. The Kier molecular flexibility index (Phi) is 14.0. The maximum Gasteiger partial charge on any atom is 0.0178 e. The van der Waals surface area contributed by atoms with Gasteiger partial charge in [-0.25, -0.2) is 0 Å². The highest BCUT2D eigenvalue weighted by molar-refractivity contribution is 5.05. The minimum atomic E-state index is 0. The van der Waals surface area contributed by atoms with Crippen molar-refractivity contribution in [3.05, 3.63) is 11.8 Å². The average Bonchev–Trinajstić information content (AvgIpc) is 2.91. The van der Waals surface area contributed by atoms with Gasteiger partial charge in [-0.1, -0.05) is 71.3 Å². The second-order valence-electron chi connectivity index (χ2n) is 6.40. The molecule has 1 aliphatic rings. The summed E-state index contributed by atoms with van der Waals surface area (Å²) >= 11 is 0. The lowest BCUT2D eigenvalue weighted by atomic mass is 10.1. The molecule has 126 valence electrons. The van der Waals surface area contributed by atoms with E-state index in [-0.39, 0.29) is 4.70 Å². The molecule has 0 aromatic rings. The van der Waals surface area contributed by atoms with Crippen LogP contribution in [0.2, 0.25) is 0 Å². The van der Waals surface area contributed by atoms with Crippen LogP contribution in [0.3, 0.4) is 0 Å². The normalized spacial score (nSPS) is 16.5. The second kappa shape index (κ2) is 14.4. The monoisotopic (exact) mass is 299 g/mol. The molecule has 0 amide bonds. The smallest absolute Gasteiger partial charge is 0.0178 e. The second-order valence-corrected chi connectivity index (χ2v) is 6.40. The predicted molar refractivity (Wildman–Crippen MR) is 93.5 cm³/mol. The average molecular weight is 300 g/mol. The van der Waals surface area contributed by atoms with Crippen molar-refractivity contribution >= 4 is 0 Å². The van der Waals surface area contributed by atoms with E-state index in [0.717, 1.165) is 0 Å². The van der Waals surface area contributed by atoms with E-state index in [1.807, 2.05) is 0 Å². The van der Waals surface area contributed by atoms with E-state index < -0.39 is 0 Å². The van der Waals surface area contributed by atoms with Crippen LogP contribution in [0.5, 0.6) is 0 Å². The molecule has 1 fully saturated rings. The number of nitrogens with zero attached hydrogens (tertiary/aromatic N) is 1. The maximum absolute atomic E-state index is 2.63. The van der Waals surface area contributed by atoms with Gasteiger partial charge in [0.2, 0.25) is 0 Å². The summed E-state index contributed by atoms with van der Waals surface area (Å²) in [5, 5.41) is 0. The van der Waals surface area contributed by atoms with Crippen LogP contribution >= 0.6 is 0 Å². The van der Waals surface area contributed by atoms with Crippen molar-refractivity contribution in [2.24, 2.45) is 0 Å². The van der Waals surface area contributed by atoms with Crippen LogP contribution in [0.4, 0.5) is 4.70 Å². The molecule has 0 bridgehead atoms. The summed E-state index contributed by atoms with van der Waals surface area (Å²) < 4.78 is 0. The molecule has 0 N–H and O–H groups in total. The van der Waals surface area contributed by atoms with Crippen molar-refractivity contribution in [3.8, 4) is 0 Å². The van der Waals surface area contributed by atoms with Crippen LogP contribution in [0.1, 0.15) is 97.3 Å². The van der Waals surface area contributed by atoms with Crippen LogP contribution in [0.25, 0.3) is 0 Å². The fraction of sp³-hybridized carbons (Fsp3) is 0.895. The Morgan fingerprint density at radius 3 is 2.14 bits per heavy atom. The zero-order valence-corrected chi connectivity index (χ0v) is 14.5. The number of allylic oxidation sites excluding steroid dienone is 2. The summed E-state index contributed by atoms with van der Waals surface area (Å²) in [6.07, 6.45) is 20.7. The predicted octanol–water partition coefficient (Wildman–Crippen LogP) is 6.45. The first kappa shape index (κ1) is 20.5. The minimum absolute atomic E-state index is 0. The Bertz CT molecular complexity index is 250. The van der Waals surface area contributed by atoms with Gasteiger partial charge in [0, 0.05) is 18.8 Å². The summed E-state index contributed by atoms with van der Waals surface area (Å²) in [6.45, 7) is 7.18. The fourth-order valence-corrected chi connectivity index (χ4v) is 3.14. The summed E-state index contributed by atoms with van der Waals surface area (Å²) in [4.78, 5) is 2.63. The zero-order valence-electron chi connectivity index (χ0n) is 14.5. The summed E-state index contributed by atoms with van der Waals surface area (Å²) in [5.74, 6) is 0. The quantitative estimate of drug-likeness (QED) is 0.374. The van der Waals surface area contributed by atoms with Gasteiger partial charge >= 0.3 is 0 Å². The molecule has 2 heteroatoms. The molecule has 0 radical (unpaired) electrons. The Labute approximate surface area is 132 Å². The number of hydrogen-bond acceptors (Lipinski definition) is 1. The van der Waals surface area contributed by atoms with Gasteiger partial charge in [-0.05, 0) is 32.1 Å². The molecule has 0 aliphatic carbocycles. The molecule has 0 spiro atoms. The van der Waals surface area contributed by atoms with Gasteiger partial charge in [0.05, 0.1) is 0 Å². The molecule has 1 heterocycles. The van der Waals surface area contributed by atoms with Crippen molar-refractivity contribution < 1.29 is 4.70 Å². The topological polar surface area (TPSA) is 3.24 Å². The Morgan fingerprint density at radius 1 is 0.857 bits per heavy atom. The first-order chi connectivity index (χ1) is 9.88. The molecule has 0 aromatic carbocycles. The molecule has 1 saturated heterocycles. The van der Waals surface area contributed by atoms with E-state index in [1.165, 1.54) is 96.6 Å². The maximum atomic E-state index is 2.63. The molecular weight excluding hydrogens is 261 g/mol. The molecule has 0 atom stereocenters. The molecule has 0 saturated carbocycles. The van der Waals surface area contributed by atoms with Crippen molar-refractivity contribution in [1.82, 2.24) is 4.90 Å². The van der Waals surface area contributed by atoms with Crippen LogP contribution in [0, 0.1) is 0 Å². The van der Waals surface area contributed by atoms with Crippen LogP contribution in [0.15, 0.2) is 11.8 Å². The minimum Gasteiger partial charge on any atom is -0.375 e. The van der Waals surface area contributed by atoms with Crippen LogP contribution in [-0.2, 0) is 0 Å². The van der Waals surface area contributed by atoms with E-state index in [2.05, 4.69) is 24.8 Å². The van der Waals surface area contributed by atoms with Crippen molar-refractivity contribution in [3.63, 3.8) is 0 Å². The summed E-state index contributed by atoms with van der Waals surface area (Å²) in [5.41, 5.74) is 1.65. The summed E-state index contributed by atoms with van der Waals surface area (Å²) in [6, 6.07) is 0. The number of rotatable bonds is 12. The highest BCUT2D eigenvalue weighted by Crippen LogP contribution is 2.22. The SMILES string of the molecule is CCCCCCCCCCC=C1CCCN1CCCC.F. The number of hydrogen-bond donors (Lipinski definition) is 0. The number of unbranched alkanes of at least 4 members (excludes halogenated alkanes) is 9. The van der Waals surface area contributed by atoms with E-state index in [0.29, 0.717) is 0 Å². The third kappa shape index (κ3) is 9.92. The molecule has 0 aromatic heterocycles. The van der Waals surface area contributed by atoms with E-state index in [1.54, 1.807) is 5.70 Å². The van der Waals surface area contributed by atoms with Gasteiger partial charge in [0.1, 0.15) is 0 Å². The van der Waals surface area contributed by atoms with Crippen molar-refractivity contribution in [2.45, 2.75) is 97.3 Å². The molecule has 1 aliphatic heterocycles. The molecule has 0 unspecified atom stereocenters. The zero-order chi connectivity index (χ0) is 14.5. The van der Waals surface area contributed by atoms with E-state index in [9.17, 15) is 0 Å². The molecule has 1 rings (SSSR count). The lowest BCUT2D eigenvalue weighted by Gasteiger charge is -2.19. The molecule has 1 nitrogen and oxygen atoms in total. The van der Waals surface area contributed by atoms with E-state index in [4.69, 9.17) is 0 Å². The third-order valence-corrected chi connectivity index (χ3v) is 4.49. The van der Waals surface area contributed by atoms with Gasteiger partial charge < -0.3 is 4.90 Å². The van der Waals surface area contributed by atoms with Crippen molar-refractivity contribution in [2.75, 3.05) is 13.1 Å². The lowest BCUT2D eigenvalue weighted by molar-refractivity contribution is 0.381. The Hall–Kier alpha value is -0.530. The van der Waals surface area contributed by atoms with Crippen LogP contribution < -0.4 is 0 Å². The van der Waals surface area contributed by atoms with Gasteiger partial charge in [-0.2, -0.15) is 0 Å². The standard InChI is InChI=1S/C19H37N.FH/c1-3-5-7-8-9-10-11-12-13-15-19-16-14-18-20(19)17-6-4-2;/h15H,3-14,16-18H2,1-2H3;1H. The van der Waals surface area contributed by atoms with Gasteiger partial charge in [0.25, 0.3) is 0 Å². The Balaban J connectivity index is 0.00000400. The summed E-state index contributed by atoms with van der Waals surface area (Å²) in [7, 11) is 0. The van der Waals surface area contributed by atoms with Crippen molar-refractivity contribution in [1.29, 1.82) is 0 Å². The highest BCUT2D eigenvalue weighted by atomic mass is 19.0. The van der Waals surface area contributed by atoms with Gasteiger partial charge in [-0.15, -0.1) is 0 Å². The largest absolute Gasteiger partial charge is 0.375 e. The third-order valence-electron chi connectivity index (χ3n) is 4.49. The first-order valence-electron chi connectivity index (χ1n) is 9.32. The van der Waals surface area contributed by atoms with Gasteiger partial charge in [0.15, 0.2) is 0 Å². The molecule has 21 heavy (non-hydrogen) atoms. The first-order valence-corrected chi connectivity index (χ1v) is 9.32. The number of halogens is 1. The number of likely N-dealkylation sites (tertiary alicyclic amines) is 1. The van der Waals surface area contributed by atoms with Crippen LogP contribution in [-0.4, -0.2) is 18.0 Å². The molecular formula is C19H38FN. The lowest BCUT2D eigenvalue weighted by Crippen LogP contribution is -2.18.